The van der Waals surface area contributed by atoms with Gasteiger partial charge in [-0.1, -0.05) is 11.2 Å². The average molecular weight is 465 g/mol. The number of aromatic nitrogens is 2. The quantitative estimate of drug-likeness (QED) is 0.531. The molecular formula is C20H24N4O7S. The Hall–Kier alpha value is -3.25. The van der Waals surface area contributed by atoms with E-state index in [0.717, 1.165) is 13.0 Å². The molecule has 0 aliphatic carbocycles. The van der Waals surface area contributed by atoms with Gasteiger partial charge in [-0.15, -0.1) is 0 Å². The van der Waals surface area contributed by atoms with Crippen LogP contribution in [0.2, 0.25) is 0 Å². The van der Waals surface area contributed by atoms with Gasteiger partial charge in [0.25, 0.3) is 15.7 Å². The topological polar surface area (TPSA) is 125 Å². The number of sulfonamides is 1. The number of methoxy groups -OCH3 is 4. The summed E-state index contributed by atoms with van der Waals surface area (Å²) in [7, 11) is 1.75. The molecule has 11 nitrogen and oxygen atoms in total. The van der Waals surface area contributed by atoms with Gasteiger partial charge in [-0.25, -0.2) is 8.42 Å². The Morgan fingerprint density at radius 1 is 1.09 bits per heavy atom. The molecule has 0 spiro atoms. The van der Waals surface area contributed by atoms with Gasteiger partial charge >= 0.3 is 0 Å². The van der Waals surface area contributed by atoms with Gasteiger partial charge in [0.05, 0.1) is 27.4 Å². The lowest BCUT2D eigenvalue weighted by Gasteiger charge is -2.18. The molecule has 1 unspecified atom stereocenters. The molecule has 3 heterocycles. The monoisotopic (exact) mass is 464 g/mol. The summed E-state index contributed by atoms with van der Waals surface area (Å²) >= 11 is 0. The molecule has 1 aliphatic rings. The van der Waals surface area contributed by atoms with E-state index in [0.29, 0.717) is 23.5 Å². The lowest BCUT2D eigenvalue weighted by atomic mass is 10.3. The van der Waals surface area contributed by atoms with Crippen molar-refractivity contribution in [2.45, 2.75) is 17.4 Å². The molecule has 0 bridgehead atoms. The van der Waals surface area contributed by atoms with Gasteiger partial charge in [-0.2, -0.15) is 4.98 Å². The highest BCUT2D eigenvalue weighted by Crippen LogP contribution is 2.38. The number of hydrogen-bond acceptors (Lipinski definition) is 10. The van der Waals surface area contributed by atoms with Gasteiger partial charge in [0.15, 0.2) is 10.7 Å². The molecule has 3 aromatic rings. The Morgan fingerprint density at radius 3 is 2.38 bits per heavy atom. The van der Waals surface area contributed by atoms with Crippen LogP contribution in [0, 0.1) is 0 Å². The predicted octanol–water partition coefficient (Wildman–Crippen LogP) is 2.27. The molecule has 1 atom stereocenters. The van der Waals surface area contributed by atoms with Crippen LogP contribution in [0.25, 0.3) is 11.1 Å². The summed E-state index contributed by atoms with van der Waals surface area (Å²) in [6.07, 6.45) is 0.993. The second-order valence-corrected chi connectivity index (χ2v) is 8.70. The number of fused-ring (bicyclic) bond motifs is 1. The number of rotatable bonds is 8. The van der Waals surface area contributed by atoms with Crippen LogP contribution in [0.4, 0.5) is 11.6 Å². The van der Waals surface area contributed by atoms with Crippen molar-refractivity contribution in [3.63, 3.8) is 0 Å². The molecule has 12 heteroatoms. The summed E-state index contributed by atoms with van der Waals surface area (Å²) in [5.41, 5.74) is 0.143. The Labute approximate surface area is 185 Å². The normalized spacial score (nSPS) is 16.4. The SMILES string of the molecule is COc1cccc(OC)c1S(=O)(=O)Nc1noc2nc(N3CCC(OC)C3)cc(OC)c12. The van der Waals surface area contributed by atoms with Crippen molar-refractivity contribution in [2.24, 2.45) is 0 Å². The lowest BCUT2D eigenvalue weighted by molar-refractivity contribution is 0.121. The van der Waals surface area contributed by atoms with E-state index in [1.54, 1.807) is 19.2 Å². The van der Waals surface area contributed by atoms with E-state index in [1.807, 2.05) is 4.90 Å². The van der Waals surface area contributed by atoms with Crippen molar-refractivity contribution in [3.05, 3.63) is 24.3 Å². The Balaban J connectivity index is 1.74. The Bertz CT molecular complexity index is 1210. The third kappa shape index (κ3) is 3.86. The Kier molecular flexibility index (Phi) is 5.98. The average Bonchev–Trinajstić information content (AvgIpc) is 3.44. The second kappa shape index (κ2) is 8.71. The molecule has 32 heavy (non-hydrogen) atoms. The molecule has 172 valence electrons. The minimum atomic E-state index is -4.15. The summed E-state index contributed by atoms with van der Waals surface area (Å²) in [4.78, 5) is 6.39. The van der Waals surface area contributed by atoms with Gasteiger partial charge in [-0.3, -0.25) is 4.72 Å². The molecule has 1 saturated heterocycles. The molecule has 0 amide bonds. The highest BCUT2D eigenvalue weighted by molar-refractivity contribution is 7.93. The zero-order valence-electron chi connectivity index (χ0n) is 18.1. The fourth-order valence-electron chi connectivity index (χ4n) is 3.69. The van der Waals surface area contributed by atoms with Crippen molar-refractivity contribution in [1.29, 1.82) is 0 Å². The van der Waals surface area contributed by atoms with E-state index in [1.165, 1.54) is 33.5 Å². The zero-order chi connectivity index (χ0) is 22.9. The number of pyridine rings is 1. The molecular weight excluding hydrogens is 440 g/mol. The third-order valence-electron chi connectivity index (χ3n) is 5.30. The Morgan fingerprint density at radius 2 is 1.78 bits per heavy atom. The van der Waals surface area contributed by atoms with Crippen LogP contribution in [0.5, 0.6) is 17.2 Å². The smallest absolute Gasteiger partial charge is 0.270 e. The highest BCUT2D eigenvalue weighted by Gasteiger charge is 2.29. The number of nitrogens with one attached hydrogen (secondary N) is 1. The van der Waals surface area contributed by atoms with Crippen LogP contribution < -0.4 is 23.8 Å². The number of hydrogen-bond donors (Lipinski definition) is 1. The van der Waals surface area contributed by atoms with Crippen molar-refractivity contribution < 1.29 is 31.9 Å². The largest absolute Gasteiger partial charge is 0.496 e. The van der Waals surface area contributed by atoms with E-state index in [4.69, 9.17) is 23.5 Å². The van der Waals surface area contributed by atoms with Crippen LogP contribution in [0.15, 0.2) is 33.7 Å². The minimum Gasteiger partial charge on any atom is -0.496 e. The van der Waals surface area contributed by atoms with Crippen LogP contribution in [-0.2, 0) is 14.8 Å². The number of benzene rings is 1. The first-order valence-corrected chi connectivity index (χ1v) is 11.3. The van der Waals surface area contributed by atoms with Gasteiger partial charge in [0, 0.05) is 26.3 Å². The number of nitrogens with zero attached hydrogens (tertiary/aromatic N) is 3. The van der Waals surface area contributed by atoms with E-state index in [9.17, 15) is 8.42 Å². The van der Waals surface area contributed by atoms with Gasteiger partial charge in [0.2, 0.25) is 0 Å². The van der Waals surface area contributed by atoms with Crippen molar-refractivity contribution in [1.82, 2.24) is 10.1 Å². The maximum Gasteiger partial charge on any atom is 0.270 e. The molecule has 0 saturated carbocycles. The van der Waals surface area contributed by atoms with Crippen LogP contribution >= 0.6 is 0 Å². The highest BCUT2D eigenvalue weighted by atomic mass is 32.2. The van der Waals surface area contributed by atoms with E-state index < -0.39 is 10.0 Å². The minimum absolute atomic E-state index is 0.0555. The molecule has 1 N–H and O–H groups in total. The van der Waals surface area contributed by atoms with Crippen molar-refractivity contribution >= 4 is 32.8 Å². The zero-order valence-corrected chi connectivity index (χ0v) is 18.9. The first kappa shape index (κ1) is 22.0. The lowest BCUT2D eigenvalue weighted by Crippen LogP contribution is -2.23. The van der Waals surface area contributed by atoms with Gasteiger partial charge in [-0.05, 0) is 18.6 Å². The van der Waals surface area contributed by atoms with Crippen molar-refractivity contribution in [2.75, 3.05) is 51.2 Å². The number of anilines is 2. The van der Waals surface area contributed by atoms with E-state index in [-0.39, 0.29) is 34.0 Å². The van der Waals surface area contributed by atoms with Crippen LogP contribution in [0.3, 0.4) is 0 Å². The molecule has 2 aromatic heterocycles. The molecule has 4 rings (SSSR count). The number of ether oxygens (including phenoxy) is 4. The molecule has 1 aliphatic heterocycles. The van der Waals surface area contributed by atoms with Gasteiger partial charge in [0.1, 0.15) is 28.5 Å². The molecule has 0 radical (unpaired) electrons. The third-order valence-corrected chi connectivity index (χ3v) is 6.70. The van der Waals surface area contributed by atoms with Crippen LogP contribution in [0.1, 0.15) is 6.42 Å². The fourth-order valence-corrected chi connectivity index (χ4v) is 5.02. The summed E-state index contributed by atoms with van der Waals surface area (Å²) in [5, 5.41) is 4.19. The predicted molar refractivity (Wildman–Crippen MR) is 116 cm³/mol. The summed E-state index contributed by atoms with van der Waals surface area (Å²) in [6.45, 7) is 1.45. The summed E-state index contributed by atoms with van der Waals surface area (Å²) in [5.74, 6) is 1.19. The summed E-state index contributed by atoms with van der Waals surface area (Å²) in [6, 6.07) is 6.40. The standard InChI is InChI=1S/C20H24N4O7S/c1-27-12-8-9-24(11-12)16-10-15(30-4)17-19(22-31-20(17)21-16)23-32(25,26)18-13(28-2)6-5-7-14(18)29-3/h5-7,10,12H,8-9,11H2,1-4H3,(H,22,23). The first-order chi connectivity index (χ1) is 15.4. The van der Waals surface area contributed by atoms with E-state index in [2.05, 4.69) is 14.9 Å². The second-order valence-electron chi connectivity index (χ2n) is 7.08. The first-order valence-electron chi connectivity index (χ1n) is 9.77. The van der Waals surface area contributed by atoms with E-state index >= 15 is 0 Å². The van der Waals surface area contributed by atoms with Crippen molar-refractivity contribution in [3.8, 4) is 17.2 Å². The molecule has 1 aromatic carbocycles. The molecule has 1 fully saturated rings. The fraction of sp³-hybridized carbons (Fsp3) is 0.400. The maximum absolute atomic E-state index is 13.2. The van der Waals surface area contributed by atoms with Gasteiger partial charge < -0.3 is 28.4 Å². The summed E-state index contributed by atoms with van der Waals surface area (Å²) < 4.78 is 55.6. The maximum atomic E-state index is 13.2. The van der Waals surface area contributed by atoms with Crippen LogP contribution in [-0.4, -0.2) is 66.2 Å².